The normalized spacial score (nSPS) is 16.0. The first-order valence-electron chi connectivity index (χ1n) is 7.71. The Kier molecular flexibility index (Phi) is 5.06. The van der Waals surface area contributed by atoms with Crippen LogP contribution < -0.4 is 4.74 Å². The molecule has 0 aromatic heterocycles. The molecule has 25 heavy (non-hydrogen) atoms. The number of ether oxygens (including phenoxy) is 1. The van der Waals surface area contributed by atoms with Gasteiger partial charge >= 0.3 is 0 Å². The second kappa shape index (κ2) is 7.25. The Balaban J connectivity index is 1.84. The molecule has 1 amide bonds. The largest absolute Gasteiger partial charge is 0.488 e. The molecule has 2 aromatic rings. The van der Waals surface area contributed by atoms with Gasteiger partial charge in [0.2, 0.25) is 0 Å². The van der Waals surface area contributed by atoms with E-state index in [9.17, 15) is 4.79 Å². The van der Waals surface area contributed by atoms with Gasteiger partial charge in [0, 0.05) is 24.7 Å². The van der Waals surface area contributed by atoms with Crippen molar-refractivity contribution in [2.75, 3.05) is 14.1 Å². The summed E-state index contributed by atoms with van der Waals surface area (Å²) in [5.41, 5.74) is 2.36. The molecule has 4 nitrogen and oxygen atoms in total. The molecule has 2 aromatic carbocycles. The van der Waals surface area contributed by atoms with Gasteiger partial charge in [-0.15, -0.1) is 0 Å². The summed E-state index contributed by atoms with van der Waals surface area (Å²) in [6, 6.07) is 15.1. The minimum absolute atomic E-state index is 0.125. The Hall–Kier alpha value is -2.37. The van der Waals surface area contributed by atoms with Gasteiger partial charge in [-0.25, -0.2) is 0 Å². The minimum Gasteiger partial charge on any atom is -0.488 e. The van der Waals surface area contributed by atoms with Gasteiger partial charge in [0.25, 0.3) is 5.91 Å². The average molecular weight is 373 g/mol. The van der Waals surface area contributed by atoms with Crippen LogP contribution in [-0.2, 0) is 11.4 Å². The van der Waals surface area contributed by atoms with Crippen molar-refractivity contribution in [1.82, 2.24) is 9.80 Å². The lowest BCUT2D eigenvalue weighted by atomic mass is 10.1. The van der Waals surface area contributed by atoms with E-state index in [1.54, 1.807) is 25.1 Å². The summed E-state index contributed by atoms with van der Waals surface area (Å²) >= 11 is 11.1. The number of likely N-dealkylation sites (N-methyl/N-ethyl adjacent to an activating group) is 2. The fraction of sp³-hybridized carbons (Fsp3) is 0.158. The van der Waals surface area contributed by atoms with Gasteiger partial charge < -0.3 is 9.64 Å². The van der Waals surface area contributed by atoms with E-state index in [-0.39, 0.29) is 5.91 Å². The summed E-state index contributed by atoms with van der Waals surface area (Å²) in [5.74, 6) is 0.576. The van der Waals surface area contributed by atoms with Crippen LogP contribution in [0.1, 0.15) is 11.1 Å². The van der Waals surface area contributed by atoms with E-state index in [1.807, 2.05) is 48.5 Å². The molecular formula is C19H17ClN2O2S. The van der Waals surface area contributed by atoms with Crippen LogP contribution in [0.15, 0.2) is 54.2 Å². The molecule has 0 spiro atoms. The number of carbonyl (C=O) groups excluding carboxylic acids is 1. The average Bonchev–Trinajstić information content (AvgIpc) is 2.80. The van der Waals surface area contributed by atoms with Crippen molar-refractivity contribution in [1.29, 1.82) is 0 Å². The number of halogens is 1. The molecule has 0 unspecified atom stereocenters. The van der Waals surface area contributed by atoms with Crippen molar-refractivity contribution >= 4 is 40.9 Å². The second-order valence-electron chi connectivity index (χ2n) is 5.69. The van der Waals surface area contributed by atoms with E-state index < -0.39 is 0 Å². The summed E-state index contributed by atoms with van der Waals surface area (Å²) in [6.07, 6.45) is 1.80. The molecule has 0 aliphatic carbocycles. The molecule has 0 radical (unpaired) electrons. The van der Waals surface area contributed by atoms with Gasteiger partial charge in [-0.2, -0.15) is 0 Å². The monoisotopic (exact) mass is 372 g/mol. The molecule has 1 aliphatic heterocycles. The molecule has 1 heterocycles. The molecule has 0 bridgehead atoms. The third-order valence-electron chi connectivity index (χ3n) is 3.98. The maximum absolute atomic E-state index is 12.3. The highest BCUT2D eigenvalue weighted by atomic mass is 35.5. The molecule has 128 valence electrons. The first kappa shape index (κ1) is 17.5. The number of carbonyl (C=O) groups is 1. The zero-order valence-corrected chi connectivity index (χ0v) is 15.5. The van der Waals surface area contributed by atoms with Crippen molar-refractivity contribution in [3.8, 4) is 5.75 Å². The minimum atomic E-state index is -0.125. The van der Waals surface area contributed by atoms with Crippen LogP contribution in [0.5, 0.6) is 5.75 Å². The molecule has 0 atom stereocenters. The van der Waals surface area contributed by atoms with Crippen molar-refractivity contribution in [2.45, 2.75) is 6.61 Å². The maximum Gasteiger partial charge on any atom is 0.276 e. The number of amides is 1. The van der Waals surface area contributed by atoms with E-state index in [0.717, 1.165) is 11.1 Å². The van der Waals surface area contributed by atoms with Gasteiger partial charge in [0.15, 0.2) is 5.11 Å². The number of benzene rings is 2. The van der Waals surface area contributed by atoms with E-state index in [1.165, 1.54) is 4.90 Å². The Bertz CT molecular complexity index is 849. The molecular weight excluding hydrogens is 356 g/mol. The van der Waals surface area contributed by atoms with E-state index in [0.29, 0.717) is 28.2 Å². The van der Waals surface area contributed by atoms with E-state index in [2.05, 4.69) is 0 Å². The summed E-state index contributed by atoms with van der Waals surface area (Å²) < 4.78 is 5.93. The highest BCUT2D eigenvalue weighted by molar-refractivity contribution is 7.80. The molecule has 0 saturated carbocycles. The lowest BCUT2D eigenvalue weighted by Gasteiger charge is -2.12. The Morgan fingerprint density at radius 3 is 2.40 bits per heavy atom. The van der Waals surface area contributed by atoms with Crippen LogP contribution in [-0.4, -0.2) is 34.9 Å². The predicted molar refractivity (Wildman–Crippen MR) is 103 cm³/mol. The molecule has 1 saturated heterocycles. The summed E-state index contributed by atoms with van der Waals surface area (Å²) in [4.78, 5) is 15.5. The van der Waals surface area contributed by atoms with E-state index >= 15 is 0 Å². The number of thiocarbonyl (C=S) groups is 1. The first-order valence-corrected chi connectivity index (χ1v) is 8.49. The first-order chi connectivity index (χ1) is 12.0. The van der Waals surface area contributed by atoms with Crippen LogP contribution in [0.2, 0.25) is 5.02 Å². The van der Waals surface area contributed by atoms with Crippen LogP contribution in [0.25, 0.3) is 6.08 Å². The van der Waals surface area contributed by atoms with Crippen molar-refractivity contribution < 1.29 is 9.53 Å². The number of nitrogens with zero attached hydrogens (tertiary/aromatic N) is 2. The highest BCUT2D eigenvalue weighted by Gasteiger charge is 2.32. The third-order valence-corrected chi connectivity index (χ3v) is 4.78. The summed E-state index contributed by atoms with van der Waals surface area (Å²) in [6.45, 7) is 0.416. The number of para-hydroxylation sites is 1. The second-order valence-corrected chi connectivity index (χ2v) is 6.49. The van der Waals surface area contributed by atoms with Crippen molar-refractivity contribution in [3.63, 3.8) is 0 Å². The topological polar surface area (TPSA) is 32.8 Å². The molecule has 1 aliphatic rings. The number of hydrogen-bond donors (Lipinski definition) is 0. The predicted octanol–water partition coefficient (Wildman–Crippen LogP) is 3.95. The fourth-order valence-electron chi connectivity index (χ4n) is 2.51. The lowest BCUT2D eigenvalue weighted by Crippen LogP contribution is -2.26. The standard InChI is InChI=1S/C19H17ClN2O2S/c1-21-16(18(23)22(2)19(21)25)11-14-5-3-4-6-17(14)24-12-13-7-9-15(20)10-8-13/h3-11H,12H2,1-2H3/b16-11-. The van der Waals surface area contributed by atoms with Crippen molar-refractivity contribution in [2.24, 2.45) is 0 Å². The molecule has 0 N–H and O–H groups in total. The highest BCUT2D eigenvalue weighted by Crippen LogP contribution is 2.26. The molecule has 1 fully saturated rings. The molecule has 6 heteroatoms. The van der Waals surface area contributed by atoms with Crippen LogP contribution in [0, 0.1) is 0 Å². The molecule has 3 rings (SSSR count). The zero-order valence-electron chi connectivity index (χ0n) is 13.9. The van der Waals surface area contributed by atoms with Crippen LogP contribution in [0.4, 0.5) is 0 Å². The fourth-order valence-corrected chi connectivity index (χ4v) is 2.82. The SMILES string of the molecule is CN1C(=O)/C(=C/c2ccccc2OCc2ccc(Cl)cc2)N(C)C1=S. The summed E-state index contributed by atoms with van der Waals surface area (Å²) in [5, 5.41) is 1.17. The van der Waals surface area contributed by atoms with Gasteiger partial charge in [0.1, 0.15) is 18.1 Å². The van der Waals surface area contributed by atoms with Crippen LogP contribution in [0.3, 0.4) is 0 Å². The number of hydrogen-bond acceptors (Lipinski definition) is 3. The van der Waals surface area contributed by atoms with E-state index in [4.69, 9.17) is 28.6 Å². The quantitative estimate of drug-likeness (QED) is 0.601. The van der Waals surface area contributed by atoms with Gasteiger partial charge in [-0.1, -0.05) is 41.9 Å². The van der Waals surface area contributed by atoms with Crippen molar-refractivity contribution in [3.05, 3.63) is 70.4 Å². The Labute approximate surface area is 157 Å². The Morgan fingerprint density at radius 1 is 1.08 bits per heavy atom. The Morgan fingerprint density at radius 2 is 1.76 bits per heavy atom. The maximum atomic E-state index is 12.3. The summed E-state index contributed by atoms with van der Waals surface area (Å²) in [7, 11) is 3.46. The van der Waals surface area contributed by atoms with Gasteiger partial charge in [0.05, 0.1) is 0 Å². The van der Waals surface area contributed by atoms with Crippen LogP contribution >= 0.6 is 23.8 Å². The van der Waals surface area contributed by atoms with Gasteiger partial charge in [-0.05, 0) is 42.1 Å². The lowest BCUT2D eigenvalue weighted by molar-refractivity contribution is -0.121. The smallest absolute Gasteiger partial charge is 0.276 e. The third kappa shape index (κ3) is 3.67. The zero-order chi connectivity index (χ0) is 18.0. The number of rotatable bonds is 4. The van der Waals surface area contributed by atoms with Gasteiger partial charge in [-0.3, -0.25) is 9.69 Å².